The number of carboxylic acids is 1. The Hall–Kier alpha value is -2.22. The molecule has 0 spiro atoms. The topological polar surface area (TPSA) is 132 Å². The number of carbonyl (C=O) groups is 2. The lowest BCUT2D eigenvalue weighted by Crippen LogP contribution is -2.43. The molecule has 1 heterocycles. The molecule has 0 fully saturated rings. The molecule has 0 aliphatic carbocycles. The molecule has 0 saturated carbocycles. The summed E-state index contributed by atoms with van der Waals surface area (Å²) in [7, 11) is 0. The van der Waals surface area contributed by atoms with Gasteiger partial charge in [-0.25, -0.2) is 9.78 Å². The molecule has 1 aromatic heterocycles. The molecule has 8 heteroatoms. The number of aliphatic hydroxyl groups excluding tert-OH is 1. The molecule has 1 rings (SSSR count). The normalized spacial score (nSPS) is 11.9. The van der Waals surface area contributed by atoms with E-state index in [4.69, 9.17) is 10.2 Å². The quantitative estimate of drug-likeness (QED) is 0.523. The van der Waals surface area contributed by atoms with Crippen LogP contribution in [0.15, 0.2) is 4.79 Å². The van der Waals surface area contributed by atoms with Crippen molar-refractivity contribution in [3.05, 3.63) is 27.4 Å². The molecule has 20 heavy (non-hydrogen) atoms. The largest absolute Gasteiger partial charge is 0.480 e. The predicted octanol–water partition coefficient (Wildman–Crippen LogP) is -1.12. The minimum atomic E-state index is -1.34. The monoisotopic (exact) mass is 283 g/mol. The number of hydrogen-bond acceptors (Lipinski definition) is 5. The van der Waals surface area contributed by atoms with Crippen molar-refractivity contribution < 1.29 is 19.8 Å². The Bertz CT molecular complexity index is 567. The molecule has 1 amide bonds. The molecule has 8 nitrogen and oxygen atoms in total. The number of aromatic amines is 1. The maximum atomic E-state index is 11.7. The van der Waals surface area contributed by atoms with Crippen LogP contribution in [0.25, 0.3) is 0 Å². The van der Waals surface area contributed by atoms with Gasteiger partial charge in [-0.15, -0.1) is 0 Å². The van der Waals surface area contributed by atoms with E-state index < -0.39 is 24.5 Å². The van der Waals surface area contributed by atoms with Gasteiger partial charge in [0, 0.05) is 17.7 Å². The predicted molar refractivity (Wildman–Crippen MR) is 69.3 cm³/mol. The van der Waals surface area contributed by atoms with Crippen molar-refractivity contribution in [1.29, 1.82) is 0 Å². The Labute approximate surface area is 114 Å². The summed E-state index contributed by atoms with van der Waals surface area (Å²) < 4.78 is 0. The Kier molecular flexibility index (Phi) is 5.39. The highest BCUT2D eigenvalue weighted by atomic mass is 16.4. The Morgan fingerprint density at radius 2 is 2.05 bits per heavy atom. The second-order valence-corrected chi connectivity index (χ2v) is 4.36. The van der Waals surface area contributed by atoms with Gasteiger partial charge in [0.15, 0.2) is 0 Å². The number of carboxylic acid groups (broad SMARTS) is 1. The summed E-state index contributed by atoms with van der Waals surface area (Å²) in [6, 6.07) is -1.34. The molecule has 0 radical (unpaired) electrons. The third-order valence-electron chi connectivity index (χ3n) is 2.76. The van der Waals surface area contributed by atoms with Crippen molar-refractivity contribution in [2.45, 2.75) is 32.7 Å². The fourth-order valence-electron chi connectivity index (χ4n) is 1.74. The summed E-state index contributed by atoms with van der Waals surface area (Å²) in [5, 5.41) is 19.6. The highest BCUT2D eigenvalue weighted by Gasteiger charge is 2.19. The number of aryl methyl sites for hydroxylation is 2. The van der Waals surface area contributed by atoms with Crippen LogP contribution in [0.1, 0.15) is 23.5 Å². The number of carbonyl (C=O) groups excluding carboxylic acids is 1. The number of nitrogens with one attached hydrogen (secondary N) is 2. The molecule has 0 aromatic carbocycles. The van der Waals surface area contributed by atoms with E-state index in [-0.39, 0.29) is 18.4 Å². The molecular weight excluding hydrogens is 266 g/mol. The second-order valence-electron chi connectivity index (χ2n) is 4.36. The molecule has 0 aliphatic heterocycles. The SMILES string of the molecule is Cc1nc(C)c(CCC(=O)N[C@H](CO)C(=O)O)c(=O)[nH]1. The van der Waals surface area contributed by atoms with Crippen LogP contribution >= 0.6 is 0 Å². The van der Waals surface area contributed by atoms with E-state index in [0.29, 0.717) is 17.1 Å². The van der Waals surface area contributed by atoms with Gasteiger partial charge in [-0.2, -0.15) is 0 Å². The standard InChI is InChI=1S/C12H17N3O5/c1-6-8(11(18)14-7(2)13-6)3-4-10(17)15-9(5-16)12(19)20/h9,16H,3-5H2,1-2H3,(H,15,17)(H,19,20)(H,13,14,18)/t9-/m1/s1. The maximum Gasteiger partial charge on any atom is 0.328 e. The van der Waals surface area contributed by atoms with Gasteiger partial charge < -0.3 is 20.5 Å². The van der Waals surface area contributed by atoms with Crippen molar-refractivity contribution in [3.63, 3.8) is 0 Å². The third-order valence-corrected chi connectivity index (χ3v) is 2.76. The van der Waals surface area contributed by atoms with Crippen molar-refractivity contribution in [1.82, 2.24) is 15.3 Å². The van der Waals surface area contributed by atoms with Gasteiger partial charge in [0.1, 0.15) is 11.9 Å². The first-order valence-corrected chi connectivity index (χ1v) is 6.04. The minimum Gasteiger partial charge on any atom is -0.480 e. The van der Waals surface area contributed by atoms with E-state index >= 15 is 0 Å². The van der Waals surface area contributed by atoms with Gasteiger partial charge in [-0.1, -0.05) is 0 Å². The zero-order chi connectivity index (χ0) is 15.3. The molecular formula is C12H17N3O5. The highest BCUT2D eigenvalue weighted by molar-refractivity contribution is 5.83. The Morgan fingerprint density at radius 1 is 1.40 bits per heavy atom. The van der Waals surface area contributed by atoms with Crippen molar-refractivity contribution in [2.24, 2.45) is 0 Å². The lowest BCUT2D eigenvalue weighted by Gasteiger charge is -2.11. The first-order chi connectivity index (χ1) is 9.35. The van der Waals surface area contributed by atoms with Crippen LogP contribution < -0.4 is 10.9 Å². The van der Waals surface area contributed by atoms with Crippen molar-refractivity contribution >= 4 is 11.9 Å². The summed E-state index contributed by atoms with van der Waals surface area (Å²) in [6.45, 7) is 2.64. The van der Waals surface area contributed by atoms with E-state index in [1.54, 1.807) is 13.8 Å². The third kappa shape index (κ3) is 4.16. The molecule has 110 valence electrons. The van der Waals surface area contributed by atoms with Gasteiger partial charge in [-0.05, 0) is 20.3 Å². The minimum absolute atomic E-state index is 0.0571. The van der Waals surface area contributed by atoms with Crippen LogP contribution in [0, 0.1) is 13.8 Å². The molecule has 0 saturated heterocycles. The average molecular weight is 283 g/mol. The summed E-state index contributed by atoms with van der Waals surface area (Å²) in [5.74, 6) is -1.37. The molecule has 1 aromatic rings. The van der Waals surface area contributed by atoms with E-state index in [1.807, 2.05) is 0 Å². The number of amides is 1. The molecule has 0 bridgehead atoms. The zero-order valence-corrected chi connectivity index (χ0v) is 11.3. The Morgan fingerprint density at radius 3 is 2.55 bits per heavy atom. The number of hydrogen-bond donors (Lipinski definition) is 4. The van der Waals surface area contributed by atoms with E-state index in [2.05, 4.69) is 15.3 Å². The molecule has 1 atom stereocenters. The summed E-state index contributed by atoms with van der Waals surface area (Å²) in [5.41, 5.74) is 0.623. The molecule has 0 aliphatic rings. The van der Waals surface area contributed by atoms with Gasteiger partial charge >= 0.3 is 5.97 Å². The highest BCUT2D eigenvalue weighted by Crippen LogP contribution is 2.02. The van der Waals surface area contributed by atoms with Crippen LogP contribution in [-0.2, 0) is 16.0 Å². The number of aromatic nitrogens is 2. The number of aliphatic carboxylic acids is 1. The Balaban J connectivity index is 2.66. The van der Waals surface area contributed by atoms with E-state index in [0.717, 1.165) is 0 Å². The van der Waals surface area contributed by atoms with E-state index in [9.17, 15) is 14.4 Å². The lowest BCUT2D eigenvalue weighted by molar-refractivity contribution is -0.142. The van der Waals surface area contributed by atoms with Crippen LogP contribution in [0.2, 0.25) is 0 Å². The van der Waals surface area contributed by atoms with Crippen LogP contribution in [0.5, 0.6) is 0 Å². The van der Waals surface area contributed by atoms with Crippen molar-refractivity contribution in [3.8, 4) is 0 Å². The summed E-state index contributed by atoms with van der Waals surface area (Å²) >= 11 is 0. The lowest BCUT2D eigenvalue weighted by atomic mass is 10.1. The van der Waals surface area contributed by atoms with E-state index in [1.165, 1.54) is 0 Å². The van der Waals surface area contributed by atoms with Crippen molar-refractivity contribution in [2.75, 3.05) is 6.61 Å². The van der Waals surface area contributed by atoms with Crippen LogP contribution in [0.3, 0.4) is 0 Å². The second kappa shape index (κ2) is 6.80. The summed E-state index contributed by atoms with van der Waals surface area (Å²) in [4.78, 5) is 40.5. The van der Waals surface area contributed by atoms with Gasteiger partial charge in [-0.3, -0.25) is 9.59 Å². The molecule has 0 unspecified atom stereocenters. The number of rotatable bonds is 6. The molecule has 4 N–H and O–H groups in total. The first-order valence-electron chi connectivity index (χ1n) is 6.04. The fraction of sp³-hybridized carbons (Fsp3) is 0.500. The van der Waals surface area contributed by atoms with Crippen LogP contribution in [0.4, 0.5) is 0 Å². The summed E-state index contributed by atoms with van der Waals surface area (Å²) in [6.07, 6.45) is 0.0937. The van der Waals surface area contributed by atoms with Crippen LogP contribution in [-0.4, -0.2) is 44.7 Å². The van der Waals surface area contributed by atoms with Gasteiger partial charge in [0.05, 0.1) is 6.61 Å². The first kappa shape index (κ1) is 15.8. The number of aliphatic hydroxyl groups is 1. The van der Waals surface area contributed by atoms with Gasteiger partial charge in [0.25, 0.3) is 5.56 Å². The fourth-order valence-corrected chi connectivity index (χ4v) is 1.74. The zero-order valence-electron chi connectivity index (χ0n) is 11.3. The van der Waals surface area contributed by atoms with Gasteiger partial charge in [0.2, 0.25) is 5.91 Å². The smallest absolute Gasteiger partial charge is 0.328 e. The average Bonchev–Trinajstić information content (AvgIpc) is 2.34. The number of H-pyrrole nitrogens is 1. The maximum absolute atomic E-state index is 11.7. The number of nitrogens with zero attached hydrogens (tertiary/aromatic N) is 1.